The standard InChI is InChI=1S/C15H22BrNOS/c1-3-5-11-17(10-4-2)15(18)12-19-14-8-6-13(16)7-9-14/h6-9H,3-5,10-12H2,1-2H3. The third-order valence-corrected chi connectivity index (χ3v) is 4.33. The summed E-state index contributed by atoms with van der Waals surface area (Å²) in [4.78, 5) is 15.3. The molecule has 0 unspecified atom stereocenters. The van der Waals surface area contributed by atoms with Crippen molar-refractivity contribution >= 4 is 33.6 Å². The zero-order valence-corrected chi connectivity index (χ0v) is 14.1. The van der Waals surface area contributed by atoms with Crippen molar-refractivity contribution in [2.24, 2.45) is 0 Å². The average molecular weight is 344 g/mol. The normalized spacial score (nSPS) is 10.5. The van der Waals surface area contributed by atoms with Gasteiger partial charge in [0.25, 0.3) is 0 Å². The number of unbranched alkanes of at least 4 members (excludes halogenated alkanes) is 1. The van der Waals surface area contributed by atoms with Gasteiger partial charge in [-0.25, -0.2) is 0 Å². The van der Waals surface area contributed by atoms with E-state index in [4.69, 9.17) is 0 Å². The Morgan fingerprint density at radius 2 is 1.84 bits per heavy atom. The highest BCUT2D eigenvalue weighted by atomic mass is 79.9. The lowest BCUT2D eigenvalue weighted by molar-refractivity contribution is -0.128. The van der Waals surface area contributed by atoms with Crippen molar-refractivity contribution in [3.8, 4) is 0 Å². The van der Waals surface area contributed by atoms with Crippen LogP contribution in [0, 0.1) is 0 Å². The summed E-state index contributed by atoms with van der Waals surface area (Å²) >= 11 is 5.03. The smallest absolute Gasteiger partial charge is 0.232 e. The molecule has 0 aliphatic carbocycles. The van der Waals surface area contributed by atoms with E-state index in [1.165, 1.54) is 0 Å². The van der Waals surface area contributed by atoms with Gasteiger partial charge in [0.15, 0.2) is 0 Å². The largest absolute Gasteiger partial charge is 0.342 e. The monoisotopic (exact) mass is 343 g/mol. The van der Waals surface area contributed by atoms with Gasteiger partial charge >= 0.3 is 0 Å². The molecule has 0 bridgehead atoms. The Bertz CT molecular complexity index is 380. The highest BCUT2D eigenvalue weighted by Crippen LogP contribution is 2.21. The number of nitrogens with zero attached hydrogens (tertiary/aromatic N) is 1. The zero-order valence-electron chi connectivity index (χ0n) is 11.7. The van der Waals surface area contributed by atoms with Crippen LogP contribution in [0.2, 0.25) is 0 Å². The van der Waals surface area contributed by atoms with E-state index in [9.17, 15) is 4.79 Å². The van der Waals surface area contributed by atoms with E-state index in [1.807, 2.05) is 29.2 Å². The van der Waals surface area contributed by atoms with E-state index in [1.54, 1.807) is 11.8 Å². The fraction of sp³-hybridized carbons (Fsp3) is 0.533. The molecule has 0 atom stereocenters. The molecule has 0 radical (unpaired) electrons. The second kappa shape index (κ2) is 9.43. The highest BCUT2D eigenvalue weighted by Gasteiger charge is 2.12. The van der Waals surface area contributed by atoms with E-state index in [2.05, 4.69) is 29.8 Å². The maximum absolute atomic E-state index is 12.2. The quantitative estimate of drug-likeness (QED) is 0.644. The third-order valence-electron chi connectivity index (χ3n) is 2.80. The third kappa shape index (κ3) is 6.48. The molecule has 0 spiro atoms. The Kier molecular flexibility index (Phi) is 8.22. The van der Waals surface area contributed by atoms with Gasteiger partial charge in [-0.15, -0.1) is 11.8 Å². The van der Waals surface area contributed by atoms with E-state index >= 15 is 0 Å². The van der Waals surface area contributed by atoms with Gasteiger partial charge in [0, 0.05) is 22.5 Å². The van der Waals surface area contributed by atoms with Crippen LogP contribution in [0.3, 0.4) is 0 Å². The molecule has 0 saturated carbocycles. The minimum absolute atomic E-state index is 0.253. The molecule has 1 rings (SSSR count). The van der Waals surface area contributed by atoms with Crippen molar-refractivity contribution in [2.75, 3.05) is 18.8 Å². The summed E-state index contributed by atoms with van der Waals surface area (Å²) in [5.41, 5.74) is 0. The van der Waals surface area contributed by atoms with Crippen molar-refractivity contribution in [1.29, 1.82) is 0 Å². The van der Waals surface area contributed by atoms with Crippen LogP contribution in [0.5, 0.6) is 0 Å². The number of hydrogen-bond acceptors (Lipinski definition) is 2. The highest BCUT2D eigenvalue weighted by molar-refractivity contribution is 9.10. The molecule has 0 aliphatic heterocycles. The topological polar surface area (TPSA) is 20.3 Å². The Balaban J connectivity index is 2.44. The van der Waals surface area contributed by atoms with Crippen LogP contribution >= 0.6 is 27.7 Å². The number of halogens is 1. The molecular formula is C15H22BrNOS. The molecular weight excluding hydrogens is 322 g/mol. The predicted octanol–water partition coefficient (Wildman–Crippen LogP) is 4.58. The van der Waals surface area contributed by atoms with Crippen molar-refractivity contribution in [3.63, 3.8) is 0 Å². The number of thioether (sulfide) groups is 1. The molecule has 0 aliphatic rings. The van der Waals surface area contributed by atoms with Crippen LogP contribution in [-0.2, 0) is 4.79 Å². The maximum Gasteiger partial charge on any atom is 0.232 e. The first-order valence-corrected chi connectivity index (χ1v) is 8.61. The second-order valence-corrected chi connectivity index (χ2v) is 6.44. The van der Waals surface area contributed by atoms with Gasteiger partial charge in [-0.05, 0) is 37.1 Å². The lowest BCUT2D eigenvalue weighted by Crippen LogP contribution is -2.34. The lowest BCUT2D eigenvalue weighted by atomic mass is 10.3. The summed E-state index contributed by atoms with van der Waals surface area (Å²) in [6, 6.07) is 8.10. The first-order valence-electron chi connectivity index (χ1n) is 6.83. The first kappa shape index (κ1) is 16.6. The molecule has 1 aromatic carbocycles. The SMILES string of the molecule is CCCCN(CCC)C(=O)CSc1ccc(Br)cc1. The first-order chi connectivity index (χ1) is 9.17. The van der Waals surface area contributed by atoms with Crippen LogP contribution in [0.1, 0.15) is 33.1 Å². The molecule has 1 amide bonds. The number of carbonyl (C=O) groups is 1. The van der Waals surface area contributed by atoms with Crippen LogP contribution < -0.4 is 0 Å². The van der Waals surface area contributed by atoms with Crippen LogP contribution in [-0.4, -0.2) is 29.6 Å². The van der Waals surface area contributed by atoms with Crippen molar-refractivity contribution in [3.05, 3.63) is 28.7 Å². The summed E-state index contributed by atoms with van der Waals surface area (Å²) in [6.45, 7) is 6.04. The fourth-order valence-corrected chi connectivity index (χ4v) is 2.81. The van der Waals surface area contributed by atoms with Crippen molar-refractivity contribution in [1.82, 2.24) is 4.90 Å². The number of benzene rings is 1. The van der Waals surface area contributed by atoms with E-state index < -0.39 is 0 Å². The summed E-state index contributed by atoms with van der Waals surface area (Å²) < 4.78 is 1.07. The second-order valence-electron chi connectivity index (χ2n) is 4.48. The fourth-order valence-electron chi connectivity index (χ4n) is 1.75. The minimum atomic E-state index is 0.253. The lowest BCUT2D eigenvalue weighted by Gasteiger charge is -2.21. The molecule has 19 heavy (non-hydrogen) atoms. The van der Waals surface area contributed by atoms with Gasteiger partial charge in [-0.1, -0.05) is 36.2 Å². The maximum atomic E-state index is 12.2. The Labute approximate surface area is 129 Å². The zero-order chi connectivity index (χ0) is 14.1. The molecule has 2 nitrogen and oxygen atoms in total. The van der Waals surface area contributed by atoms with Gasteiger partial charge in [0.05, 0.1) is 5.75 Å². The molecule has 0 heterocycles. The molecule has 1 aromatic rings. The summed E-state index contributed by atoms with van der Waals surface area (Å²) in [6.07, 6.45) is 3.25. The van der Waals surface area contributed by atoms with Gasteiger partial charge in [-0.2, -0.15) is 0 Å². The molecule has 0 fully saturated rings. The molecule has 0 aromatic heterocycles. The van der Waals surface area contributed by atoms with Gasteiger partial charge < -0.3 is 4.90 Å². The van der Waals surface area contributed by atoms with E-state index in [0.717, 1.165) is 41.7 Å². The van der Waals surface area contributed by atoms with Gasteiger partial charge in [-0.3, -0.25) is 4.79 Å². The summed E-state index contributed by atoms with van der Waals surface area (Å²) in [5, 5.41) is 0. The number of rotatable bonds is 8. The number of hydrogen-bond donors (Lipinski definition) is 0. The van der Waals surface area contributed by atoms with E-state index in [-0.39, 0.29) is 5.91 Å². The Morgan fingerprint density at radius 1 is 1.16 bits per heavy atom. The summed E-state index contributed by atoms with van der Waals surface area (Å²) in [7, 11) is 0. The summed E-state index contributed by atoms with van der Waals surface area (Å²) in [5.74, 6) is 0.786. The van der Waals surface area contributed by atoms with Crippen LogP contribution in [0.4, 0.5) is 0 Å². The van der Waals surface area contributed by atoms with Crippen LogP contribution in [0.25, 0.3) is 0 Å². The van der Waals surface area contributed by atoms with Crippen molar-refractivity contribution in [2.45, 2.75) is 38.0 Å². The van der Waals surface area contributed by atoms with Gasteiger partial charge in [0.2, 0.25) is 5.91 Å². The predicted molar refractivity (Wildman–Crippen MR) is 86.6 cm³/mol. The molecule has 0 saturated heterocycles. The van der Waals surface area contributed by atoms with E-state index in [0.29, 0.717) is 5.75 Å². The molecule has 4 heteroatoms. The Hall–Kier alpha value is -0.480. The van der Waals surface area contributed by atoms with Crippen LogP contribution in [0.15, 0.2) is 33.6 Å². The van der Waals surface area contributed by atoms with Crippen molar-refractivity contribution < 1.29 is 4.79 Å². The number of amides is 1. The number of carbonyl (C=O) groups excluding carboxylic acids is 1. The Morgan fingerprint density at radius 3 is 2.42 bits per heavy atom. The van der Waals surface area contributed by atoms with Gasteiger partial charge in [0.1, 0.15) is 0 Å². The molecule has 0 N–H and O–H groups in total. The molecule has 106 valence electrons. The average Bonchev–Trinajstić information content (AvgIpc) is 2.42. The minimum Gasteiger partial charge on any atom is -0.342 e.